The predicted octanol–water partition coefficient (Wildman–Crippen LogP) is 3.02. The molecule has 0 bridgehead atoms. The van der Waals surface area contributed by atoms with Gasteiger partial charge in [0, 0.05) is 24.1 Å². The van der Waals surface area contributed by atoms with Crippen molar-refractivity contribution in [2.45, 2.75) is 32.2 Å². The smallest absolute Gasteiger partial charge is 0.228 e. The summed E-state index contributed by atoms with van der Waals surface area (Å²) in [6.45, 7) is 1.89. The van der Waals surface area contributed by atoms with E-state index in [4.69, 9.17) is 0 Å². The molecule has 0 aliphatic carbocycles. The Balaban J connectivity index is 1.54. The van der Waals surface area contributed by atoms with Crippen LogP contribution in [0.3, 0.4) is 0 Å². The average Bonchev–Trinajstić information content (AvgIpc) is 2.99. The summed E-state index contributed by atoms with van der Waals surface area (Å²) in [5.41, 5.74) is 3.35. The Morgan fingerprint density at radius 3 is 2.64 bits per heavy atom. The number of Topliss-reactive ketones (excluding diaryl/α,β-unsaturated/α-hetero) is 1. The monoisotopic (exact) mass is 336 g/mol. The number of nitrogens with one attached hydrogen (secondary N) is 2. The summed E-state index contributed by atoms with van der Waals surface area (Å²) in [6.07, 6.45) is 0.712. The van der Waals surface area contributed by atoms with Gasteiger partial charge in [0.1, 0.15) is 0 Å². The minimum Gasteiger partial charge on any atom is -0.350 e. The summed E-state index contributed by atoms with van der Waals surface area (Å²) in [4.78, 5) is 35.6. The summed E-state index contributed by atoms with van der Waals surface area (Å²) in [5.74, 6) is -0.208. The van der Waals surface area contributed by atoms with Crippen molar-refractivity contribution in [1.29, 1.82) is 0 Å². The molecule has 2 N–H and O–H groups in total. The first-order valence-corrected chi connectivity index (χ1v) is 8.33. The third-order valence-corrected chi connectivity index (χ3v) is 4.31. The number of fused-ring (bicyclic) bond motifs is 1. The third kappa shape index (κ3) is 4.12. The zero-order valence-electron chi connectivity index (χ0n) is 14.0. The first-order valence-electron chi connectivity index (χ1n) is 8.33. The number of ketones is 1. The van der Waals surface area contributed by atoms with E-state index in [-0.39, 0.29) is 36.5 Å². The average molecular weight is 336 g/mol. The van der Waals surface area contributed by atoms with Gasteiger partial charge in [-0.2, -0.15) is 0 Å². The van der Waals surface area contributed by atoms with Gasteiger partial charge in [-0.05, 0) is 24.1 Å². The Bertz CT molecular complexity index is 815. The molecule has 0 spiro atoms. The zero-order chi connectivity index (χ0) is 17.8. The molecule has 2 amide bonds. The van der Waals surface area contributed by atoms with E-state index in [2.05, 4.69) is 10.6 Å². The lowest BCUT2D eigenvalue weighted by Gasteiger charge is -2.15. The van der Waals surface area contributed by atoms with Crippen LogP contribution in [0.15, 0.2) is 48.5 Å². The van der Waals surface area contributed by atoms with Crippen LogP contribution < -0.4 is 10.6 Å². The SMILES string of the molecule is C[C@H](NC(=O)CCC(=O)c1ccccc1)c1ccc2c(c1)CC(=O)N2. The van der Waals surface area contributed by atoms with Gasteiger partial charge < -0.3 is 10.6 Å². The number of rotatable bonds is 6. The number of carbonyl (C=O) groups excluding carboxylic acids is 3. The minimum atomic E-state index is -0.180. The molecule has 0 radical (unpaired) electrons. The van der Waals surface area contributed by atoms with Crippen LogP contribution >= 0.6 is 0 Å². The van der Waals surface area contributed by atoms with Crippen molar-refractivity contribution >= 4 is 23.3 Å². The minimum absolute atomic E-state index is 0.0109. The Morgan fingerprint density at radius 2 is 1.88 bits per heavy atom. The highest BCUT2D eigenvalue weighted by atomic mass is 16.2. The maximum atomic E-state index is 12.1. The molecule has 2 aromatic rings. The van der Waals surface area contributed by atoms with E-state index in [0.29, 0.717) is 12.0 Å². The summed E-state index contributed by atoms with van der Waals surface area (Å²) in [7, 11) is 0. The molecule has 0 fully saturated rings. The second-order valence-electron chi connectivity index (χ2n) is 6.22. The first kappa shape index (κ1) is 16.9. The molecule has 1 aliphatic rings. The van der Waals surface area contributed by atoms with Gasteiger partial charge in [0.15, 0.2) is 5.78 Å². The van der Waals surface area contributed by atoms with Crippen molar-refractivity contribution in [3.63, 3.8) is 0 Å². The zero-order valence-corrected chi connectivity index (χ0v) is 14.0. The summed E-state index contributed by atoms with van der Waals surface area (Å²) >= 11 is 0. The van der Waals surface area contributed by atoms with Crippen molar-refractivity contribution in [3.8, 4) is 0 Å². The second kappa shape index (κ2) is 7.30. The van der Waals surface area contributed by atoms with E-state index in [1.54, 1.807) is 12.1 Å². The standard InChI is InChI=1S/C20H20N2O3/c1-13(15-7-8-17-16(11-15)12-20(25)22-17)21-19(24)10-9-18(23)14-5-3-2-4-6-14/h2-8,11,13H,9-10,12H2,1H3,(H,21,24)(H,22,25)/t13-/m0/s1. The molecule has 2 aromatic carbocycles. The van der Waals surface area contributed by atoms with Gasteiger partial charge in [-0.3, -0.25) is 14.4 Å². The topological polar surface area (TPSA) is 75.3 Å². The molecule has 5 nitrogen and oxygen atoms in total. The van der Waals surface area contributed by atoms with Gasteiger partial charge in [-0.15, -0.1) is 0 Å². The van der Waals surface area contributed by atoms with Crippen molar-refractivity contribution in [2.24, 2.45) is 0 Å². The number of anilines is 1. The highest BCUT2D eigenvalue weighted by molar-refractivity contribution is 5.99. The molecule has 0 saturated heterocycles. The second-order valence-corrected chi connectivity index (χ2v) is 6.22. The maximum absolute atomic E-state index is 12.1. The number of carbonyl (C=O) groups is 3. The molecular weight excluding hydrogens is 316 g/mol. The first-order chi connectivity index (χ1) is 12.0. The normalized spacial score (nSPS) is 13.7. The molecule has 1 aliphatic heterocycles. The number of benzene rings is 2. The summed E-state index contributed by atoms with van der Waals surface area (Å²) in [6, 6.07) is 14.5. The van der Waals surface area contributed by atoms with Gasteiger partial charge >= 0.3 is 0 Å². The lowest BCUT2D eigenvalue weighted by molar-refractivity contribution is -0.121. The molecule has 128 valence electrons. The lowest BCUT2D eigenvalue weighted by atomic mass is 10.0. The van der Waals surface area contributed by atoms with Gasteiger partial charge in [0.05, 0.1) is 12.5 Å². The lowest BCUT2D eigenvalue weighted by Crippen LogP contribution is -2.27. The molecule has 3 rings (SSSR count). The molecule has 1 atom stereocenters. The largest absolute Gasteiger partial charge is 0.350 e. The Labute approximate surface area is 146 Å². The van der Waals surface area contributed by atoms with Gasteiger partial charge in [0.25, 0.3) is 0 Å². The van der Waals surface area contributed by atoms with Crippen molar-refractivity contribution in [1.82, 2.24) is 5.32 Å². The van der Waals surface area contributed by atoms with Crippen molar-refractivity contribution in [2.75, 3.05) is 5.32 Å². The van der Waals surface area contributed by atoms with E-state index < -0.39 is 0 Å². The van der Waals surface area contributed by atoms with Crippen LogP contribution in [-0.4, -0.2) is 17.6 Å². The van der Waals surface area contributed by atoms with Crippen LogP contribution in [0, 0.1) is 0 Å². The van der Waals surface area contributed by atoms with Crippen LogP contribution in [0.25, 0.3) is 0 Å². The van der Waals surface area contributed by atoms with Crippen LogP contribution in [0.1, 0.15) is 47.3 Å². The number of amides is 2. The van der Waals surface area contributed by atoms with E-state index >= 15 is 0 Å². The van der Waals surface area contributed by atoms with E-state index in [1.807, 2.05) is 43.3 Å². The van der Waals surface area contributed by atoms with E-state index in [1.165, 1.54) is 0 Å². The molecule has 0 unspecified atom stereocenters. The fraction of sp³-hybridized carbons (Fsp3) is 0.250. The highest BCUT2D eigenvalue weighted by Gasteiger charge is 2.19. The van der Waals surface area contributed by atoms with Crippen LogP contribution in [0.2, 0.25) is 0 Å². The fourth-order valence-electron chi connectivity index (χ4n) is 2.91. The Kier molecular flexibility index (Phi) is 4.93. The molecule has 5 heteroatoms. The Morgan fingerprint density at radius 1 is 1.12 bits per heavy atom. The van der Waals surface area contributed by atoms with Gasteiger partial charge in [0.2, 0.25) is 11.8 Å². The summed E-state index contributed by atoms with van der Waals surface area (Å²) < 4.78 is 0. The molecule has 0 aromatic heterocycles. The van der Waals surface area contributed by atoms with Crippen LogP contribution in [0.4, 0.5) is 5.69 Å². The quantitative estimate of drug-likeness (QED) is 0.796. The number of hydrogen-bond donors (Lipinski definition) is 2. The van der Waals surface area contributed by atoms with Crippen molar-refractivity contribution in [3.05, 3.63) is 65.2 Å². The van der Waals surface area contributed by atoms with Gasteiger partial charge in [-0.25, -0.2) is 0 Å². The molecular formula is C20H20N2O3. The van der Waals surface area contributed by atoms with Crippen LogP contribution in [-0.2, 0) is 16.0 Å². The number of hydrogen-bond acceptors (Lipinski definition) is 3. The highest BCUT2D eigenvalue weighted by Crippen LogP contribution is 2.26. The van der Waals surface area contributed by atoms with Gasteiger partial charge in [-0.1, -0.05) is 42.5 Å². The maximum Gasteiger partial charge on any atom is 0.228 e. The van der Waals surface area contributed by atoms with Crippen LogP contribution in [0.5, 0.6) is 0 Å². The van der Waals surface area contributed by atoms with E-state index in [0.717, 1.165) is 16.8 Å². The third-order valence-electron chi connectivity index (χ3n) is 4.31. The molecule has 25 heavy (non-hydrogen) atoms. The predicted molar refractivity (Wildman–Crippen MR) is 95.3 cm³/mol. The van der Waals surface area contributed by atoms with E-state index in [9.17, 15) is 14.4 Å². The molecule has 1 heterocycles. The fourth-order valence-corrected chi connectivity index (χ4v) is 2.91. The Hall–Kier alpha value is -2.95. The summed E-state index contributed by atoms with van der Waals surface area (Å²) in [5, 5.41) is 5.70. The van der Waals surface area contributed by atoms with Crippen molar-refractivity contribution < 1.29 is 14.4 Å². The molecule has 0 saturated carbocycles.